The van der Waals surface area contributed by atoms with E-state index in [1.807, 2.05) is 0 Å². The summed E-state index contributed by atoms with van der Waals surface area (Å²) in [5.74, 6) is 0.855. The Kier molecular flexibility index (Phi) is 8.10. The van der Waals surface area contributed by atoms with Gasteiger partial charge < -0.3 is 28.4 Å². The number of ether oxygens (including phenoxy) is 6. The molecule has 30 heavy (non-hydrogen) atoms. The van der Waals surface area contributed by atoms with Gasteiger partial charge in [-0.15, -0.1) is 0 Å². The molecule has 160 valence electrons. The Balaban J connectivity index is 2.09. The SMILES string of the molecule is COc1ccc(COC(=O)C=Cc2cc(OC)c(OC(C)=O)c(OC)c2)cc1OC. The van der Waals surface area contributed by atoms with Crippen molar-refractivity contribution in [2.75, 3.05) is 28.4 Å². The van der Waals surface area contributed by atoms with E-state index in [4.69, 9.17) is 28.4 Å². The van der Waals surface area contributed by atoms with Gasteiger partial charge in [-0.2, -0.15) is 0 Å². The number of carbonyl (C=O) groups is 2. The van der Waals surface area contributed by atoms with Gasteiger partial charge in [0.2, 0.25) is 5.75 Å². The molecular weight excluding hydrogens is 392 g/mol. The van der Waals surface area contributed by atoms with Crippen molar-refractivity contribution in [3.05, 3.63) is 47.5 Å². The van der Waals surface area contributed by atoms with Gasteiger partial charge in [-0.3, -0.25) is 4.79 Å². The number of carbonyl (C=O) groups excluding carboxylic acids is 2. The van der Waals surface area contributed by atoms with Crippen molar-refractivity contribution >= 4 is 18.0 Å². The van der Waals surface area contributed by atoms with Crippen LogP contribution in [0, 0.1) is 0 Å². The maximum Gasteiger partial charge on any atom is 0.331 e. The van der Waals surface area contributed by atoms with E-state index >= 15 is 0 Å². The van der Waals surface area contributed by atoms with Crippen LogP contribution in [0.5, 0.6) is 28.7 Å². The molecule has 0 N–H and O–H groups in total. The summed E-state index contributed by atoms with van der Waals surface area (Å²) < 4.78 is 31.3. The Bertz CT molecular complexity index is 908. The molecule has 2 aromatic carbocycles. The van der Waals surface area contributed by atoms with Crippen molar-refractivity contribution < 1.29 is 38.0 Å². The van der Waals surface area contributed by atoms with Crippen LogP contribution >= 0.6 is 0 Å². The first-order chi connectivity index (χ1) is 14.4. The number of benzene rings is 2. The molecule has 0 unspecified atom stereocenters. The summed E-state index contributed by atoms with van der Waals surface area (Å²) in [6.07, 6.45) is 2.82. The van der Waals surface area contributed by atoms with Crippen LogP contribution in [0.2, 0.25) is 0 Å². The minimum Gasteiger partial charge on any atom is -0.493 e. The fraction of sp³-hybridized carbons (Fsp3) is 0.273. The lowest BCUT2D eigenvalue weighted by Gasteiger charge is -2.13. The van der Waals surface area contributed by atoms with Crippen LogP contribution in [0.4, 0.5) is 0 Å². The van der Waals surface area contributed by atoms with E-state index in [2.05, 4.69) is 0 Å². The highest BCUT2D eigenvalue weighted by Gasteiger charge is 2.15. The molecule has 2 aromatic rings. The molecule has 0 aliphatic heterocycles. The molecular formula is C22H24O8. The third-order valence-electron chi connectivity index (χ3n) is 3.97. The lowest BCUT2D eigenvalue weighted by Crippen LogP contribution is -2.05. The van der Waals surface area contributed by atoms with E-state index < -0.39 is 11.9 Å². The molecule has 0 saturated carbocycles. The predicted molar refractivity (Wildman–Crippen MR) is 109 cm³/mol. The quantitative estimate of drug-likeness (QED) is 0.349. The Labute approximate surface area is 174 Å². The number of methoxy groups -OCH3 is 4. The zero-order chi connectivity index (χ0) is 22.1. The second kappa shape index (κ2) is 10.8. The van der Waals surface area contributed by atoms with Gasteiger partial charge in [0, 0.05) is 13.0 Å². The van der Waals surface area contributed by atoms with Crippen molar-refractivity contribution in [1.82, 2.24) is 0 Å². The molecule has 0 radical (unpaired) electrons. The predicted octanol–water partition coefficient (Wildman–Crippen LogP) is 3.40. The van der Waals surface area contributed by atoms with Gasteiger partial charge in [-0.25, -0.2) is 4.79 Å². The van der Waals surface area contributed by atoms with Crippen LogP contribution in [-0.4, -0.2) is 40.4 Å². The summed E-state index contributed by atoms with van der Waals surface area (Å²) in [5.41, 5.74) is 1.35. The van der Waals surface area contributed by atoms with Crippen LogP contribution in [0.3, 0.4) is 0 Å². The van der Waals surface area contributed by atoms with Crippen molar-refractivity contribution in [2.45, 2.75) is 13.5 Å². The van der Waals surface area contributed by atoms with Crippen LogP contribution in [0.15, 0.2) is 36.4 Å². The van der Waals surface area contributed by atoms with Crippen molar-refractivity contribution in [1.29, 1.82) is 0 Å². The molecule has 0 aliphatic carbocycles. The molecule has 0 atom stereocenters. The highest BCUT2D eigenvalue weighted by Crippen LogP contribution is 2.39. The molecule has 8 heteroatoms. The van der Waals surface area contributed by atoms with Crippen molar-refractivity contribution in [3.8, 4) is 28.7 Å². The minimum absolute atomic E-state index is 0.0710. The van der Waals surface area contributed by atoms with Gasteiger partial charge in [-0.1, -0.05) is 6.07 Å². The van der Waals surface area contributed by atoms with E-state index in [0.717, 1.165) is 5.56 Å². The maximum atomic E-state index is 12.1. The summed E-state index contributed by atoms with van der Waals surface area (Å²) in [6, 6.07) is 8.47. The summed E-state index contributed by atoms with van der Waals surface area (Å²) in [4.78, 5) is 23.4. The first-order valence-corrected chi connectivity index (χ1v) is 8.92. The highest BCUT2D eigenvalue weighted by molar-refractivity contribution is 5.87. The number of esters is 2. The van der Waals surface area contributed by atoms with E-state index in [1.165, 1.54) is 34.3 Å². The minimum atomic E-state index is -0.535. The van der Waals surface area contributed by atoms with Gasteiger partial charge in [-0.05, 0) is 41.5 Å². The smallest absolute Gasteiger partial charge is 0.331 e. The first-order valence-electron chi connectivity index (χ1n) is 8.92. The van der Waals surface area contributed by atoms with E-state index in [1.54, 1.807) is 43.5 Å². The molecule has 2 rings (SSSR count). The monoisotopic (exact) mass is 416 g/mol. The maximum absolute atomic E-state index is 12.1. The summed E-state index contributed by atoms with van der Waals surface area (Å²) in [5, 5.41) is 0. The standard InChI is InChI=1S/C22H24O8/c1-14(23)30-22-19(27-4)10-15(11-20(22)28-5)7-9-21(24)29-13-16-6-8-17(25-2)18(12-16)26-3/h6-12H,13H2,1-5H3. The third-order valence-corrected chi connectivity index (χ3v) is 3.97. The van der Waals surface area contributed by atoms with Gasteiger partial charge in [0.05, 0.1) is 28.4 Å². The van der Waals surface area contributed by atoms with Gasteiger partial charge in [0.1, 0.15) is 6.61 Å². The molecule has 0 fully saturated rings. The van der Waals surface area contributed by atoms with Crippen molar-refractivity contribution in [3.63, 3.8) is 0 Å². The van der Waals surface area contributed by atoms with Gasteiger partial charge in [0.15, 0.2) is 23.0 Å². The van der Waals surface area contributed by atoms with Crippen LogP contribution in [0.1, 0.15) is 18.1 Å². The Morgan fingerprint density at radius 3 is 1.97 bits per heavy atom. The normalized spacial score (nSPS) is 10.4. The largest absolute Gasteiger partial charge is 0.493 e. The second-order valence-electron chi connectivity index (χ2n) is 5.98. The topological polar surface area (TPSA) is 89.5 Å². The number of rotatable bonds is 9. The second-order valence-corrected chi connectivity index (χ2v) is 5.98. The van der Waals surface area contributed by atoms with Crippen LogP contribution < -0.4 is 23.7 Å². The Hall–Kier alpha value is -3.68. The average molecular weight is 416 g/mol. The zero-order valence-corrected chi connectivity index (χ0v) is 17.5. The van der Waals surface area contributed by atoms with E-state index in [-0.39, 0.29) is 12.4 Å². The molecule has 0 aromatic heterocycles. The Morgan fingerprint density at radius 1 is 0.833 bits per heavy atom. The molecule has 0 heterocycles. The molecule has 0 spiro atoms. The molecule has 0 saturated heterocycles. The average Bonchev–Trinajstić information content (AvgIpc) is 2.75. The number of hydrogen-bond donors (Lipinski definition) is 0. The highest BCUT2D eigenvalue weighted by atomic mass is 16.6. The van der Waals surface area contributed by atoms with Crippen molar-refractivity contribution in [2.24, 2.45) is 0 Å². The van der Waals surface area contributed by atoms with E-state index in [0.29, 0.717) is 28.6 Å². The molecule has 8 nitrogen and oxygen atoms in total. The fourth-order valence-electron chi connectivity index (χ4n) is 2.58. The van der Waals surface area contributed by atoms with E-state index in [9.17, 15) is 9.59 Å². The third kappa shape index (κ3) is 5.91. The summed E-state index contributed by atoms with van der Waals surface area (Å²) >= 11 is 0. The van der Waals surface area contributed by atoms with Gasteiger partial charge >= 0.3 is 11.9 Å². The fourth-order valence-corrected chi connectivity index (χ4v) is 2.58. The zero-order valence-electron chi connectivity index (χ0n) is 17.5. The van der Waals surface area contributed by atoms with Crippen LogP contribution in [-0.2, 0) is 20.9 Å². The Morgan fingerprint density at radius 2 is 1.43 bits per heavy atom. The first kappa shape index (κ1) is 22.6. The molecule has 0 bridgehead atoms. The molecule has 0 amide bonds. The molecule has 0 aliphatic rings. The summed E-state index contributed by atoms with van der Waals surface area (Å²) in [7, 11) is 5.95. The van der Waals surface area contributed by atoms with Crippen LogP contribution in [0.25, 0.3) is 6.08 Å². The summed E-state index contributed by atoms with van der Waals surface area (Å²) in [6.45, 7) is 1.35. The number of hydrogen-bond acceptors (Lipinski definition) is 8. The lowest BCUT2D eigenvalue weighted by atomic mass is 10.1. The van der Waals surface area contributed by atoms with Gasteiger partial charge in [0.25, 0.3) is 0 Å². The lowest BCUT2D eigenvalue weighted by molar-refractivity contribution is -0.139.